The first-order valence-corrected chi connectivity index (χ1v) is 6.70. The molecule has 1 aliphatic heterocycles. The monoisotopic (exact) mass is 290 g/mol. The van der Waals surface area contributed by atoms with E-state index in [1.54, 1.807) is 17.8 Å². The van der Waals surface area contributed by atoms with Crippen molar-refractivity contribution < 1.29 is 9.50 Å². The molecular formula is C11H12BrFOS. The van der Waals surface area contributed by atoms with Gasteiger partial charge in [0.05, 0.1) is 10.6 Å². The third-order valence-corrected chi connectivity index (χ3v) is 4.73. The standard InChI is InChI=1S/C11H12BrFOS/c1-6-4-10(14)7-2-3-9(13)11(12)8(7)5-15-6/h2-3,6,10,14H,4-5H2,1H3/t6?,10-/m0/s1. The van der Waals surface area contributed by atoms with Gasteiger partial charge in [-0.15, -0.1) is 0 Å². The van der Waals surface area contributed by atoms with E-state index in [2.05, 4.69) is 22.9 Å². The number of rotatable bonds is 0. The zero-order chi connectivity index (χ0) is 11.0. The lowest BCUT2D eigenvalue weighted by Gasteiger charge is -2.13. The molecule has 1 heterocycles. The van der Waals surface area contributed by atoms with Gasteiger partial charge < -0.3 is 5.11 Å². The molecule has 82 valence electrons. The van der Waals surface area contributed by atoms with Crippen molar-refractivity contribution in [1.29, 1.82) is 0 Å². The molecule has 0 fully saturated rings. The highest BCUT2D eigenvalue weighted by Crippen LogP contribution is 2.38. The summed E-state index contributed by atoms with van der Waals surface area (Å²) in [5, 5.41) is 10.4. The summed E-state index contributed by atoms with van der Waals surface area (Å²) in [6.45, 7) is 2.09. The summed E-state index contributed by atoms with van der Waals surface area (Å²) in [4.78, 5) is 0. The topological polar surface area (TPSA) is 20.2 Å². The van der Waals surface area contributed by atoms with Crippen molar-refractivity contribution in [1.82, 2.24) is 0 Å². The highest BCUT2D eigenvalue weighted by atomic mass is 79.9. The van der Waals surface area contributed by atoms with Gasteiger partial charge in [-0.1, -0.05) is 13.0 Å². The van der Waals surface area contributed by atoms with Crippen LogP contribution in [-0.2, 0) is 5.75 Å². The van der Waals surface area contributed by atoms with Gasteiger partial charge in [-0.05, 0) is 39.5 Å². The normalized spacial score (nSPS) is 25.9. The van der Waals surface area contributed by atoms with Gasteiger partial charge in [-0.2, -0.15) is 11.8 Å². The molecule has 1 nitrogen and oxygen atoms in total. The van der Waals surface area contributed by atoms with Gasteiger partial charge >= 0.3 is 0 Å². The molecule has 1 aliphatic rings. The van der Waals surface area contributed by atoms with Crippen LogP contribution in [0.5, 0.6) is 0 Å². The number of hydrogen-bond donors (Lipinski definition) is 1. The highest BCUT2D eigenvalue weighted by Gasteiger charge is 2.23. The summed E-state index contributed by atoms with van der Waals surface area (Å²) in [6.07, 6.45) is 0.261. The number of benzene rings is 1. The Balaban J connectivity index is 2.48. The van der Waals surface area contributed by atoms with Crippen molar-refractivity contribution in [2.24, 2.45) is 0 Å². The largest absolute Gasteiger partial charge is 0.388 e. The molecule has 0 amide bonds. The number of thioether (sulfide) groups is 1. The first-order valence-electron chi connectivity index (χ1n) is 4.86. The molecule has 0 aliphatic carbocycles. The smallest absolute Gasteiger partial charge is 0.137 e. The minimum absolute atomic E-state index is 0.254. The van der Waals surface area contributed by atoms with Gasteiger partial charge in [0.1, 0.15) is 5.82 Å². The zero-order valence-electron chi connectivity index (χ0n) is 8.34. The molecule has 2 atom stereocenters. The first-order chi connectivity index (χ1) is 7.09. The summed E-state index contributed by atoms with van der Waals surface area (Å²) in [6, 6.07) is 3.10. The summed E-state index contributed by atoms with van der Waals surface area (Å²) in [5.41, 5.74) is 1.76. The lowest BCUT2D eigenvalue weighted by molar-refractivity contribution is 0.168. The molecule has 0 spiro atoms. The third kappa shape index (κ3) is 2.22. The van der Waals surface area contributed by atoms with Crippen molar-refractivity contribution in [3.05, 3.63) is 33.5 Å². The van der Waals surface area contributed by atoms with E-state index in [9.17, 15) is 9.50 Å². The Bertz CT molecular complexity index is 383. The fourth-order valence-corrected chi connectivity index (χ4v) is 3.57. The zero-order valence-corrected chi connectivity index (χ0v) is 10.7. The fraction of sp³-hybridized carbons (Fsp3) is 0.455. The van der Waals surface area contributed by atoms with Crippen LogP contribution in [0.2, 0.25) is 0 Å². The van der Waals surface area contributed by atoms with Crippen LogP contribution in [0, 0.1) is 5.82 Å². The molecule has 4 heteroatoms. The molecule has 0 saturated heterocycles. The van der Waals surface area contributed by atoms with E-state index >= 15 is 0 Å². The quantitative estimate of drug-likeness (QED) is 0.787. The van der Waals surface area contributed by atoms with E-state index in [0.717, 1.165) is 23.3 Å². The Kier molecular flexibility index (Phi) is 3.38. The molecule has 15 heavy (non-hydrogen) atoms. The Morgan fingerprint density at radius 2 is 2.27 bits per heavy atom. The van der Waals surface area contributed by atoms with Gasteiger partial charge in [-0.3, -0.25) is 0 Å². The first kappa shape index (κ1) is 11.4. The van der Waals surface area contributed by atoms with Crippen LogP contribution in [-0.4, -0.2) is 10.4 Å². The average molecular weight is 291 g/mol. The van der Waals surface area contributed by atoms with Gasteiger partial charge in [-0.25, -0.2) is 4.39 Å². The molecule has 1 N–H and O–H groups in total. The summed E-state index contributed by atoms with van der Waals surface area (Å²) in [7, 11) is 0. The van der Waals surface area contributed by atoms with Crippen LogP contribution in [0.4, 0.5) is 4.39 Å². The van der Waals surface area contributed by atoms with Gasteiger partial charge in [0.25, 0.3) is 0 Å². The van der Waals surface area contributed by atoms with Crippen LogP contribution in [0.3, 0.4) is 0 Å². The molecular weight excluding hydrogens is 279 g/mol. The predicted octanol–water partition coefficient (Wildman–Crippen LogP) is 3.65. The highest BCUT2D eigenvalue weighted by molar-refractivity contribution is 9.10. The summed E-state index contributed by atoms with van der Waals surface area (Å²) in [5.74, 6) is 0.502. The fourth-order valence-electron chi connectivity index (χ4n) is 1.80. The van der Waals surface area contributed by atoms with Crippen LogP contribution in [0.25, 0.3) is 0 Å². The van der Waals surface area contributed by atoms with E-state index < -0.39 is 6.10 Å². The minimum atomic E-state index is -0.470. The number of halogens is 2. The molecule has 0 aromatic heterocycles. The molecule has 0 bridgehead atoms. The van der Waals surface area contributed by atoms with Crippen molar-refractivity contribution in [3.8, 4) is 0 Å². The summed E-state index contributed by atoms with van der Waals surface area (Å²) >= 11 is 5.00. The SMILES string of the molecule is CC1C[C@H](O)c2ccc(F)c(Br)c2CS1. The van der Waals surface area contributed by atoms with Gasteiger partial charge in [0.2, 0.25) is 0 Å². The maximum atomic E-state index is 13.3. The van der Waals surface area contributed by atoms with Crippen LogP contribution >= 0.6 is 27.7 Å². The van der Waals surface area contributed by atoms with Gasteiger partial charge in [0.15, 0.2) is 0 Å². The van der Waals surface area contributed by atoms with Crippen molar-refractivity contribution in [2.75, 3.05) is 0 Å². The predicted molar refractivity (Wildman–Crippen MR) is 64.4 cm³/mol. The Morgan fingerprint density at radius 1 is 1.53 bits per heavy atom. The number of aliphatic hydroxyl groups excluding tert-OH is 1. The molecule has 1 aromatic carbocycles. The average Bonchev–Trinajstić information content (AvgIpc) is 2.32. The molecule has 2 rings (SSSR count). The lowest BCUT2D eigenvalue weighted by Crippen LogP contribution is -2.04. The Labute approximate surface area is 101 Å². The maximum Gasteiger partial charge on any atom is 0.137 e. The van der Waals surface area contributed by atoms with E-state index in [-0.39, 0.29) is 5.82 Å². The number of fused-ring (bicyclic) bond motifs is 1. The van der Waals surface area contributed by atoms with Crippen LogP contribution in [0.15, 0.2) is 16.6 Å². The Hall–Kier alpha value is -0.0600. The van der Waals surface area contributed by atoms with Crippen molar-refractivity contribution in [3.63, 3.8) is 0 Å². The van der Waals surface area contributed by atoms with Crippen molar-refractivity contribution >= 4 is 27.7 Å². The van der Waals surface area contributed by atoms with Crippen molar-refractivity contribution in [2.45, 2.75) is 30.5 Å². The molecule has 1 aromatic rings. The number of hydrogen-bond acceptors (Lipinski definition) is 2. The van der Waals surface area contributed by atoms with Crippen LogP contribution in [0.1, 0.15) is 30.6 Å². The van der Waals surface area contributed by atoms with E-state index in [4.69, 9.17) is 0 Å². The maximum absolute atomic E-state index is 13.3. The third-order valence-electron chi connectivity index (χ3n) is 2.66. The molecule has 1 unspecified atom stereocenters. The minimum Gasteiger partial charge on any atom is -0.388 e. The number of aliphatic hydroxyl groups is 1. The second kappa shape index (κ2) is 4.44. The second-order valence-electron chi connectivity index (χ2n) is 3.80. The van der Waals surface area contributed by atoms with E-state index in [1.807, 2.05) is 0 Å². The molecule has 0 saturated carbocycles. The second-order valence-corrected chi connectivity index (χ2v) is 6.02. The lowest BCUT2D eigenvalue weighted by atomic mass is 10.0. The molecule has 0 radical (unpaired) electrons. The van der Waals surface area contributed by atoms with Gasteiger partial charge in [0, 0.05) is 11.0 Å². The summed E-state index contributed by atoms with van der Waals surface area (Å²) < 4.78 is 13.8. The van der Waals surface area contributed by atoms with E-state index in [0.29, 0.717) is 9.72 Å². The van der Waals surface area contributed by atoms with E-state index in [1.165, 1.54) is 6.07 Å². The Morgan fingerprint density at radius 3 is 3.00 bits per heavy atom. The van der Waals surface area contributed by atoms with Crippen LogP contribution < -0.4 is 0 Å².